The summed E-state index contributed by atoms with van der Waals surface area (Å²) in [5, 5.41) is 11.6. The lowest BCUT2D eigenvalue weighted by atomic mass is 10.3. The van der Waals surface area contributed by atoms with Gasteiger partial charge in [0.1, 0.15) is 11.6 Å². The van der Waals surface area contributed by atoms with E-state index in [4.69, 9.17) is 0 Å². The van der Waals surface area contributed by atoms with Gasteiger partial charge in [-0.15, -0.1) is 10.2 Å². The van der Waals surface area contributed by atoms with E-state index in [2.05, 4.69) is 20.4 Å². The number of rotatable bonds is 7. The van der Waals surface area contributed by atoms with Gasteiger partial charge in [-0.25, -0.2) is 8.78 Å². The Morgan fingerprint density at radius 2 is 1.83 bits per heavy atom. The second-order valence-corrected chi connectivity index (χ2v) is 7.96. The Morgan fingerprint density at radius 1 is 1.07 bits per heavy atom. The number of nitrogens with one attached hydrogen (secondary N) is 1. The molecule has 6 nitrogen and oxygen atoms in total. The Hall–Kier alpha value is -2.78. The first-order chi connectivity index (χ1) is 14.6. The molecule has 3 aromatic rings. The van der Waals surface area contributed by atoms with Gasteiger partial charge in [0.2, 0.25) is 5.91 Å². The van der Waals surface area contributed by atoms with Gasteiger partial charge >= 0.3 is 0 Å². The topological polar surface area (TPSA) is 63.1 Å². The first-order valence-corrected chi connectivity index (χ1v) is 10.7. The van der Waals surface area contributed by atoms with Crippen LogP contribution in [0.1, 0.15) is 18.7 Å². The van der Waals surface area contributed by atoms with Crippen LogP contribution in [0.3, 0.4) is 0 Å². The number of hydrogen-bond acceptors (Lipinski definition) is 5. The third-order valence-electron chi connectivity index (χ3n) is 4.81. The molecule has 0 saturated carbocycles. The summed E-state index contributed by atoms with van der Waals surface area (Å²) in [6, 6.07) is 12.7. The lowest BCUT2D eigenvalue weighted by molar-refractivity contribution is -0.113. The lowest BCUT2D eigenvalue weighted by Crippen LogP contribution is -2.21. The van der Waals surface area contributed by atoms with Gasteiger partial charge in [-0.2, -0.15) is 0 Å². The van der Waals surface area contributed by atoms with Crippen LogP contribution >= 0.6 is 11.8 Å². The second-order valence-electron chi connectivity index (χ2n) is 7.01. The average molecular weight is 429 g/mol. The van der Waals surface area contributed by atoms with Crippen molar-refractivity contribution in [1.82, 2.24) is 19.7 Å². The molecule has 0 unspecified atom stereocenters. The van der Waals surface area contributed by atoms with Gasteiger partial charge in [-0.05, 0) is 50.2 Å². The maximum Gasteiger partial charge on any atom is 0.234 e. The number of amides is 1. The fraction of sp³-hybridized carbons (Fsp3) is 0.286. The van der Waals surface area contributed by atoms with Crippen LogP contribution in [0.5, 0.6) is 0 Å². The van der Waals surface area contributed by atoms with Crippen molar-refractivity contribution < 1.29 is 13.6 Å². The highest BCUT2D eigenvalue weighted by atomic mass is 32.2. The summed E-state index contributed by atoms with van der Waals surface area (Å²) in [5.74, 6) is -0.954. The molecule has 0 atom stereocenters. The molecular weight excluding hydrogens is 408 g/mol. The molecule has 156 valence electrons. The fourth-order valence-electron chi connectivity index (χ4n) is 3.38. The predicted octanol–water partition coefficient (Wildman–Crippen LogP) is 3.87. The summed E-state index contributed by atoms with van der Waals surface area (Å²) in [6.07, 6.45) is 2.36. The molecule has 0 bridgehead atoms. The van der Waals surface area contributed by atoms with E-state index in [9.17, 15) is 13.6 Å². The summed E-state index contributed by atoms with van der Waals surface area (Å²) in [6.45, 7) is 2.75. The summed E-state index contributed by atoms with van der Waals surface area (Å²) in [7, 11) is 0. The fourth-order valence-corrected chi connectivity index (χ4v) is 4.15. The molecule has 0 spiro atoms. The highest BCUT2D eigenvalue weighted by Crippen LogP contribution is 2.24. The van der Waals surface area contributed by atoms with Gasteiger partial charge in [0.25, 0.3) is 0 Å². The normalized spacial score (nSPS) is 14.2. The van der Waals surface area contributed by atoms with Crippen LogP contribution < -0.4 is 5.32 Å². The van der Waals surface area contributed by atoms with E-state index in [0.29, 0.717) is 11.7 Å². The summed E-state index contributed by atoms with van der Waals surface area (Å²) in [5.41, 5.74) is 0.732. The van der Waals surface area contributed by atoms with Gasteiger partial charge in [0, 0.05) is 11.8 Å². The molecule has 1 amide bonds. The number of halogens is 2. The Balaban J connectivity index is 1.50. The third kappa shape index (κ3) is 4.85. The summed E-state index contributed by atoms with van der Waals surface area (Å²) in [4.78, 5) is 14.6. The van der Waals surface area contributed by atoms with Gasteiger partial charge < -0.3 is 5.32 Å². The van der Waals surface area contributed by atoms with Crippen LogP contribution in [0.15, 0.2) is 53.7 Å². The van der Waals surface area contributed by atoms with Crippen molar-refractivity contribution in [3.8, 4) is 5.69 Å². The molecule has 1 fully saturated rings. The lowest BCUT2D eigenvalue weighted by Gasteiger charge is -2.16. The van der Waals surface area contributed by atoms with E-state index >= 15 is 0 Å². The molecule has 0 radical (unpaired) electrons. The standard InChI is InChI=1S/C21H21F2N5OS/c22-15-8-9-17(23)18(12-15)24-20(29)14-30-21-26-25-19(13-27-10-4-5-11-27)28(21)16-6-2-1-3-7-16/h1-3,6-9,12H,4-5,10-11,13-14H2,(H,24,29). The largest absolute Gasteiger partial charge is 0.323 e. The third-order valence-corrected chi connectivity index (χ3v) is 5.74. The van der Waals surface area contributed by atoms with Crippen molar-refractivity contribution in [3.63, 3.8) is 0 Å². The number of para-hydroxylation sites is 1. The number of likely N-dealkylation sites (tertiary alicyclic amines) is 1. The van der Waals surface area contributed by atoms with E-state index in [1.165, 1.54) is 24.6 Å². The molecule has 1 N–H and O–H groups in total. The van der Waals surface area contributed by atoms with E-state index in [-0.39, 0.29) is 11.4 Å². The number of thioether (sulfide) groups is 1. The van der Waals surface area contributed by atoms with Gasteiger partial charge in [0.05, 0.1) is 18.0 Å². The van der Waals surface area contributed by atoms with E-state index in [0.717, 1.165) is 42.8 Å². The zero-order chi connectivity index (χ0) is 20.9. The minimum absolute atomic E-state index is 0.00929. The van der Waals surface area contributed by atoms with Crippen LogP contribution in [0.2, 0.25) is 0 Å². The quantitative estimate of drug-likeness (QED) is 0.578. The SMILES string of the molecule is O=C(CSc1nnc(CN2CCCC2)n1-c1ccccc1)Nc1cc(F)ccc1F. The highest BCUT2D eigenvalue weighted by Gasteiger charge is 2.20. The smallest absolute Gasteiger partial charge is 0.234 e. The van der Waals surface area contributed by atoms with E-state index in [1.54, 1.807) is 0 Å². The average Bonchev–Trinajstić information content (AvgIpc) is 3.40. The molecule has 4 rings (SSSR count). The molecule has 0 aliphatic carbocycles. The Kier molecular flexibility index (Phi) is 6.39. The van der Waals surface area contributed by atoms with Crippen molar-refractivity contribution in [2.24, 2.45) is 0 Å². The molecule has 2 heterocycles. The van der Waals surface area contributed by atoms with Gasteiger partial charge in [-0.1, -0.05) is 30.0 Å². The van der Waals surface area contributed by atoms with Crippen LogP contribution in [0.25, 0.3) is 5.69 Å². The monoisotopic (exact) mass is 429 g/mol. The predicted molar refractivity (Wildman–Crippen MR) is 112 cm³/mol. The van der Waals surface area contributed by atoms with Crippen LogP contribution in [-0.2, 0) is 11.3 Å². The van der Waals surface area contributed by atoms with Crippen LogP contribution in [-0.4, -0.2) is 44.4 Å². The first-order valence-electron chi connectivity index (χ1n) is 9.70. The van der Waals surface area contributed by atoms with Crippen molar-refractivity contribution >= 4 is 23.4 Å². The Bertz CT molecular complexity index is 1020. The number of hydrogen-bond donors (Lipinski definition) is 1. The highest BCUT2D eigenvalue weighted by molar-refractivity contribution is 7.99. The van der Waals surface area contributed by atoms with E-state index < -0.39 is 17.5 Å². The number of nitrogens with zero attached hydrogens (tertiary/aromatic N) is 4. The molecule has 1 saturated heterocycles. The Labute approximate surface area is 177 Å². The number of aromatic nitrogens is 3. The van der Waals surface area contributed by atoms with Crippen molar-refractivity contribution in [1.29, 1.82) is 0 Å². The molecule has 1 aliphatic rings. The van der Waals surface area contributed by atoms with Crippen LogP contribution in [0, 0.1) is 11.6 Å². The maximum atomic E-state index is 13.8. The Morgan fingerprint density at radius 3 is 2.60 bits per heavy atom. The van der Waals surface area contributed by atoms with Crippen molar-refractivity contribution in [2.45, 2.75) is 24.5 Å². The maximum absolute atomic E-state index is 13.8. The van der Waals surface area contributed by atoms with Crippen molar-refractivity contribution in [2.75, 3.05) is 24.2 Å². The molecule has 30 heavy (non-hydrogen) atoms. The second kappa shape index (κ2) is 9.36. The molecule has 9 heteroatoms. The van der Waals surface area contributed by atoms with Crippen molar-refractivity contribution in [3.05, 3.63) is 66.0 Å². The first kappa shape index (κ1) is 20.5. The zero-order valence-electron chi connectivity index (χ0n) is 16.2. The molecule has 1 aliphatic heterocycles. The number of anilines is 1. The minimum atomic E-state index is -0.685. The minimum Gasteiger partial charge on any atom is -0.323 e. The molecular formula is C21H21F2N5OS. The van der Waals surface area contributed by atoms with Gasteiger partial charge in [-0.3, -0.25) is 14.3 Å². The molecule has 2 aromatic carbocycles. The summed E-state index contributed by atoms with van der Waals surface area (Å²) < 4.78 is 29.0. The van der Waals surface area contributed by atoms with Crippen LogP contribution in [0.4, 0.5) is 14.5 Å². The number of benzene rings is 2. The molecule has 1 aromatic heterocycles. The number of carbonyl (C=O) groups is 1. The van der Waals surface area contributed by atoms with Gasteiger partial charge in [0.15, 0.2) is 11.0 Å². The zero-order valence-corrected chi connectivity index (χ0v) is 17.0. The number of carbonyl (C=O) groups excluding carboxylic acids is 1. The van der Waals surface area contributed by atoms with E-state index in [1.807, 2.05) is 34.9 Å². The summed E-state index contributed by atoms with van der Waals surface area (Å²) >= 11 is 1.20.